The average Bonchev–Trinajstić information content (AvgIpc) is 2.65. The molecule has 1 atom stereocenters. The molecule has 17 heavy (non-hydrogen) atoms. The molecule has 2 nitrogen and oxygen atoms in total. The molecule has 1 saturated heterocycles. The van der Waals surface area contributed by atoms with Gasteiger partial charge in [-0.3, -0.25) is 4.79 Å². The van der Waals surface area contributed by atoms with Crippen LogP contribution in [0.2, 0.25) is 0 Å². The van der Waals surface area contributed by atoms with Crippen LogP contribution in [-0.2, 0) is 11.3 Å². The highest BCUT2D eigenvalue weighted by atomic mass is 32.1. The fraction of sp³-hybridized carbons (Fsp3) is 0.417. The van der Waals surface area contributed by atoms with Gasteiger partial charge >= 0.3 is 0 Å². The molecule has 1 fully saturated rings. The lowest BCUT2D eigenvalue weighted by atomic mass is 10.1. The van der Waals surface area contributed by atoms with Gasteiger partial charge in [0.15, 0.2) is 11.6 Å². The molecule has 1 heterocycles. The molecule has 1 aromatic carbocycles. The van der Waals surface area contributed by atoms with E-state index in [2.05, 4.69) is 12.6 Å². The summed E-state index contributed by atoms with van der Waals surface area (Å²) in [6, 6.07) is 3.72. The predicted octanol–water partition coefficient (Wildman–Crippen LogP) is 2.24. The van der Waals surface area contributed by atoms with Gasteiger partial charge in [0.2, 0.25) is 5.91 Å². The maximum absolute atomic E-state index is 13.0. The van der Waals surface area contributed by atoms with Crippen molar-refractivity contribution in [1.82, 2.24) is 4.90 Å². The van der Waals surface area contributed by atoms with Crippen LogP contribution in [-0.4, -0.2) is 23.1 Å². The number of benzene rings is 1. The molecular formula is C12H13F2NOS. The van der Waals surface area contributed by atoms with Gasteiger partial charge in [-0.25, -0.2) is 8.78 Å². The number of amides is 1. The van der Waals surface area contributed by atoms with Gasteiger partial charge < -0.3 is 4.90 Å². The molecule has 0 radical (unpaired) electrons. The Labute approximate surface area is 104 Å². The van der Waals surface area contributed by atoms with Crippen LogP contribution in [0.15, 0.2) is 18.2 Å². The molecule has 1 unspecified atom stereocenters. The van der Waals surface area contributed by atoms with Crippen LogP contribution in [0.5, 0.6) is 0 Å². The Balaban J connectivity index is 2.06. The van der Waals surface area contributed by atoms with E-state index in [1.807, 2.05) is 0 Å². The van der Waals surface area contributed by atoms with Crippen molar-refractivity contribution in [2.24, 2.45) is 5.92 Å². The molecule has 0 aliphatic carbocycles. The summed E-state index contributed by atoms with van der Waals surface area (Å²) < 4.78 is 25.7. The van der Waals surface area contributed by atoms with E-state index in [1.165, 1.54) is 6.07 Å². The van der Waals surface area contributed by atoms with E-state index in [1.54, 1.807) is 4.90 Å². The minimum Gasteiger partial charge on any atom is -0.338 e. The maximum atomic E-state index is 13.0. The molecule has 0 N–H and O–H groups in total. The van der Waals surface area contributed by atoms with E-state index in [0.29, 0.717) is 30.8 Å². The lowest BCUT2D eigenvalue weighted by Gasteiger charge is -2.16. The van der Waals surface area contributed by atoms with Crippen molar-refractivity contribution in [2.75, 3.05) is 12.3 Å². The lowest BCUT2D eigenvalue weighted by Crippen LogP contribution is -2.24. The number of rotatable bonds is 3. The van der Waals surface area contributed by atoms with Gasteiger partial charge in [-0.05, 0) is 29.4 Å². The SMILES string of the molecule is O=C1CC(CS)CN1Cc1ccc(F)c(F)c1. The summed E-state index contributed by atoms with van der Waals surface area (Å²) in [7, 11) is 0. The first kappa shape index (κ1) is 12.4. The molecule has 1 aliphatic rings. The van der Waals surface area contributed by atoms with Crippen molar-refractivity contribution >= 4 is 18.5 Å². The fourth-order valence-corrected chi connectivity index (χ4v) is 2.23. The van der Waals surface area contributed by atoms with Gasteiger partial charge in [0.05, 0.1) is 0 Å². The normalized spacial score (nSPS) is 20.1. The number of carbonyl (C=O) groups is 1. The number of likely N-dealkylation sites (tertiary alicyclic amines) is 1. The average molecular weight is 257 g/mol. The first-order valence-electron chi connectivity index (χ1n) is 5.42. The number of hydrogen-bond donors (Lipinski definition) is 1. The Bertz CT molecular complexity index is 439. The second-order valence-electron chi connectivity index (χ2n) is 4.28. The van der Waals surface area contributed by atoms with Crippen molar-refractivity contribution in [3.63, 3.8) is 0 Å². The quantitative estimate of drug-likeness (QED) is 0.823. The van der Waals surface area contributed by atoms with E-state index in [9.17, 15) is 13.6 Å². The monoisotopic (exact) mass is 257 g/mol. The van der Waals surface area contributed by atoms with Gasteiger partial charge in [-0.1, -0.05) is 6.07 Å². The Hall–Kier alpha value is -1.10. The second-order valence-corrected chi connectivity index (χ2v) is 4.64. The molecule has 1 amide bonds. The number of halogens is 2. The third-order valence-electron chi connectivity index (χ3n) is 2.91. The predicted molar refractivity (Wildman–Crippen MR) is 63.7 cm³/mol. The smallest absolute Gasteiger partial charge is 0.223 e. The zero-order chi connectivity index (χ0) is 12.4. The molecule has 0 saturated carbocycles. The van der Waals surface area contributed by atoms with Crippen LogP contribution < -0.4 is 0 Å². The highest BCUT2D eigenvalue weighted by Gasteiger charge is 2.28. The summed E-state index contributed by atoms with van der Waals surface area (Å²) in [5, 5.41) is 0. The number of hydrogen-bond acceptors (Lipinski definition) is 2. The third kappa shape index (κ3) is 2.77. The van der Waals surface area contributed by atoms with E-state index < -0.39 is 11.6 Å². The topological polar surface area (TPSA) is 20.3 Å². The minimum atomic E-state index is -0.875. The first-order valence-corrected chi connectivity index (χ1v) is 6.06. The Morgan fingerprint density at radius 1 is 1.35 bits per heavy atom. The molecule has 5 heteroatoms. The van der Waals surface area contributed by atoms with Gasteiger partial charge in [-0.2, -0.15) is 12.6 Å². The Morgan fingerprint density at radius 3 is 2.71 bits per heavy atom. The Kier molecular flexibility index (Phi) is 3.66. The third-order valence-corrected chi connectivity index (χ3v) is 3.43. The van der Waals surface area contributed by atoms with Crippen LogP contribution in [0, 0.1) is 17.6 Å². The molecule has 1 aliphatic heterocycles. The van der Waals surface area contributed by atoms with Crippen molar-refractivity contribution in [1.29, 1.82) is 0 Å². The highest BCUT2D eigenvalue weighted by molar-refractivity contribution is 7.80. The summed E-state index contributed by atoms with van der Waals surface area (Å²) in [5.41, 5.74) is 0.608. The molecule has 92 valence electrons. The zero-order valence-corrected chi connectivity index (χ0v) is 10.1. The minimum absolute atomic E-state index is 0.0498. The van der Waals surface area contributed by atoms with E-state index >= 15 is 0 Å². The summed E-state index contributed by atoms with van der Waals surface area (Å²) in [4.78, 5) is 13.3. The molecular weight excluding hydrogens is 244 g/mol. The first-order chi connectivity index (χ1) is 8.10. The number of thiol groups is 1. The van der Waals surface area contributed by atoms with Crippen molar-refractivity contribution in [3.05, 3.63) is 35.4 Å². The molecule has 0 spiro atoms. The number of nitrogens with zero attached hydrogens (tertiary/aromatic N) is 1. The zero-order valence-electron chi connectivity index (χ0n) is 9.20. The van der Waals surface area contributed by atoms with Crippen LogP contribution >= 0.6 is 12.6 Å². The van der Waals surface area contributed by atoms with Crippen LogP contribution in [0.1, 0.15) is 12.0 Å². The van der Waals surface area contributed by atoms with Crippen molar-refractivity contribution in [2.45, 2.75) is 13.0 Å². The van der Waals surface area contributed by atoms with E-state index in [0.717, 1.165) is 12.1 Å². The van der Waals surface area contributed by atoms with Gasteiger partial charge in [0, 0.05) is 19.5 Å². The van der Waals surface area contributed by atoms with Gasteiger partial charge in [-0.15, -0.1) is 0 Å². The van der Waals surface area contributed by atoms with Crippen LogP contribution in [0.25, 0.3) is 0 Å². The molecule has 1 aromatic rings. The molecule has 2 rings (SSSR count). The summed E-state index contributed by atoms with van der Waals surface area (Å²) in [6.07, 6.45) is 0.493. The van der Waals surface area contributed by atoms with E-state index in [-0.39, 0.29) is 11.8 Å². The number of carbonyl (C=O) groups excluding carboxylic acids is 1. The molecule has 0 aromatic heterocycles. The highest BCUT2D eigenvalue weighted by Crippen LogP contribution is 2.21. The van der Waals surface area contributed by atoms with Crippen molar-refractivity contribution in [3.8, 4) is 0 Å². The van der Waals surface area contributed by atoms with Crippen LogP contribution in [0.4, 0.5) is 8.78 Å². The lowest BCUT2D eigenvalue weighted by molar-refractivity contribution is -0.128. The summed E-state index contributed by atoms with van der Waals surface area (Å²) >= 11 is 4.16. The standard InChI is InChI=1S/C12H13F2NOS/c13-10-2-1-8(3-11(10)14)5-15-6-9(7-17)4-12(15)16/h1-3,9,17H,4-7H2. The van der Waals surface area contributed by atoms with Gasteiger partial charge in [0.1, 0.15) is 0 Å². The van der Waals surface area contributed by atoms with Crippen LogP contribution in [0.3, 0.4) is 0 Å². The van der Waals surface area contributed by atoms with E-state index in [4.69, 9.17) is 0 Å². The fourth-order valence-electron chi connectivity index (χ4n) is 1.99. The largest absolute Gasteiger partial charge is 0.338 e. The summed E-state index contributed by atoms with van der Waals surface area (Å²) in [6.45, 7) is 0.974. The second kappa shape index (κ2) is 5.04. The summed E-state index contributed by atoms with van der Waals surface area (Å²) in [5.74, 6) is -0.764. The van der Waals surface area contributed by atoms with Crippen molar-refractivity contribution < 1.29 is 13.6 Å². The molecule has 0 bridgehead atoms. The Morgan fingerprint density at radius 2 is 2.12 bits per heavy atom. The maximum Gasteiger partial charge on any atom is 0.223 e. The van der Waals surface area contributed by atoms with Gasteiger partial charge in [0.25, 0.3) is 0 Å².